The van der Waals surface area contributed by atoms with E-state index in [1.54, 1.807) is 19.2 Å². The number of hydrogen-bond acceptors (Lipinski definition) is 5. The molecule has 0 saturated carbocycles. The van der Waals surface area contributed by atoms with Gasteiger partial charge in [-0.2, -0.15) is 0 Å². The molecule has 3 heterocycles. The lowest BCUT2D eigenvalue weighted by atomic mass is 9.92. The lowest BCUT2D eigenvalue weighted by molar-refractivity contribution is -0.0730. The second kappa shape index (κ2) is 9.85. The van der Waals surface area contributed by atoms with Crippen LogP contribution in [-0.4, -0.2) is 45.1 Å². The number of thiazole rings is 1. The fourth-order valence-electron chi connectivity index (χ4n) is 4.78. The summed E-state index contributed by atoms with van der Waals surface area (Å²) in [6.07, 6.45) is 1.89. The van der Waals surface area contributed by atoms with Crippen molar-refractivity contribution >= 4 is 33.9 Å². The highest BCUT2D eigenvalue weighted by Gasteiger charge is 2.43. The summed E-state index contributed by atoms with van der Waals surface area (Å²) in [5, 5.41) is 1.56. The molecule has 1 saturated heterocycles. The summed E-state index contributed by atoms with van der Waals surface area (Å²) in [6, 6.07) is 18.0. The van der Waals surface area contributed by atoms with Gasteiger partial charge in [-0.05, 0) is 37.5 Å². The van der Waals surface area contributed by atoms with Gasteiger partial charge in [0.15, 0.2) is 5.78 Å². The van der Waals surface area contributed by atoms with Crippen molar-refractivity contribution in [2.75, 3.05) is 6.54 Å². The van der Waals surface area contributed by atoms with Crippen LogP contribution in [0.4, 0.5) is 8.78 Å². The Morgan fingerprint density at radius 1 is 1.08 bits per heavy atom. The summed E-state index contributed by atoms with van der Waals surface area (Å²) < 4.78 is 29.0. The van der Waals surface area contributed by atoms with E-state index in [0.29, 0.717) is 27.4 Å². The lowest BCUT2D eigenvalue weighted by Gasteiger charge is -2.39. The second-order valence-electron chi connectivity index (χ2n) is 9.10. The fraction of sp³-hybridized carbons (Fsp3) is 0.286. The number of fused-ring (bicyclic) bond motifs is 1. The minimum absolute atomic E-state index is 0.112. The van der Waals surface area contributed by atoms with Crippen molar-refractivity contribution in [1.82, 2.24) is 14.9 Å². The molecule has 4 aromatic rings. The van der Waals surface area contributed by atoms with E-state index in [2.05, 4.69) is 9.97 Å². The first-order chi connectivity index (χ1) is 17.3. The van der Waals surface area contributed by atoms with Crippen molar-refractivity contribution in [1.29, 1.82) is 0 Å². The zero-order chi connectivity index (χ0) is 25.3. The van der Waals surface area contributed by atoms with Gasteiger partial charge < -0.3 is 4.90 Å². The first kappa shape index (κ1) is 24.2. The van der Waals surface area contributed by atoms with Gasteiger partial charge in [-0.15, -0.1) is 11.3 Å². The number of halogens is 2. The second-order valence-corrected chi connectivity index (χ2v) is 10.3. The summed E-state index contributed by atoms with van der Waals surface area (Å²) in [5.74, 6) is -3.60. The number of carbonyl (C=O) groups excluding carboxylic acids is 2. The first-order valence-corrected chi connectivity index (χ1v) is 12.7. The number of ketones is 1. The van der Waals surface area contributed by atoms with Gasteiger partial charge in [0.1, 0.15) is 5.69 Å². The molecule has 1 unspecified atom stereocenters. The van der Waals surface area contributed by atoms with E-state index in [4.69, 9.17) is 0 Å². The average molecular weight is 506 g/mol. The highest BCUT2D eigenvalue weighted by atomic mass is 32.1. The van der Waals surface area contributed by atoms with Gasteiger partial charge in [-0.25, -0.2) is 13.8 Å². The van der Waals surface area contributed by atoms with Crippen LogP contribution < -0.4 is 0 Å². The van der Waals surface area contributed by atoms with Crippen LogP contribution in [0.25, 0.3) is 21.3 Å². The number of benzene rings is 2. The predicted molar refractivity (Wildman–Crippen MR) is 137 cm³/mol. The largest absolute Gasteiger partial charge is 0.328 e. The molecule has 8 heteroatoms. The Balaban J connectivity index is 1.39. The summed E-state index contributed by atoms with van der Waals surface area (Å²) in [6.45, 7) is 1.12. The van der Waals surface area contributed by atoms with Crippen LogP contribution in [0.1, 0.15) is 51.5 Å². The number of aromatic nitrogens is 2. The van der Waals surface area contributed by atoms with Gasteiger partial charge in [0.2, 0.25) is 0 Å². The Labute approximate surface area is 211 Å². The van der Waals surface area contributed by atoms with Crippen LogP contribution in [0, 0.1) is 6.92 Å². The molecule has 0 N–H and O–H groups in total. The number of amides is 1. The molecule has 36 heavy (non-hydrogen) atoms. The number of carbonyl (C=O) groups is 2. The summed E-state index contributed by atoms with van der Waals surface area (Å²) in [7, 11) is 0. The molecule has 5 rings (SSSR count). The Morgan fingerprint density at radius 2 is 1.86 bits per heavy atom. The lowest BCUT2D eigenvalue weighted by Crippen LogP contribution is -2.51. The molecule has 1 fully saturated rings. The molecule has 1 aliphatic rings. The van der Waals surface area contributed by atoms with E-state index in [0.717, 1.165) is 10.9 Å². The zero-order valence-electron chi connectivity index (χ0n) is 19.8. The fourth-order valence-corrected chi connectivity index (χ4v) is 5.70. The normalized spacial score (nSPS) is 17.3. The minimum atomic E-state index is -2.98. The molecular formula is C28H25F2N3O2S. The number of pyridine rings is 1. The van der Waals surface area contributed by atoms with Crippen molar-refractivity contribution in [3.63, 3.8) is 0 Å². The highest BCUT2D eigenvalue weighted by Crippen LogP contribution is 2.36. The summed E-state index contributed by atoms with van der Waals surface area (Å²) >= 11 is 1.37. The predicted octanol–water partition coefficient (Wildman–Crippen LogP) is 6.57. The molecule has 0 radical (unpaired) electrons. The third-order valence-corrected chi connectivity index (χ3v) is 7.58. The zero-order valence-corrected chi connectivity index (χ0v) is 20.6. The van der Waals surface area contributed by atoms with Crippen molar-refractivity contribution in [2.24, 2.45) is 0 Å². The molecule has 0 aliphatic carbocycles. The number of nitrogens with zero attached hydrogens (tertiary/aromatic N) is 3. The molecule has 1 amide bonds. The molecule has 5 nitrogen and oxygen atoms in total. The van der Waals surface area contributed by atoms with E-state index in [-0.39, 0.29) is 30.7 Å². The molecule has 2 aromatic carbocycles. The smallest absolute Gasteiger partial charge is 0.274 e. The van der Waals surface area contributed by atoms with Crippen LogP contribution in [0.15, 0.2) is 66.9 Å². The Morgan fingerprint density at radius 3 is 2.67 bits per heavy atom. The van der Waals surface area contributed by atoms with Crippen molar-refractivity contribution < 1.29 is 18.4 Å². The van der Waals surface area contributed by atoms with Crippen LogP contribution >= 0.6 is 11.3 Å². The Bertz CT molecular complexity index is 1420. The van der Waals surface area contributed by atoms with Gasteiger partial charge in [-0.3, -0.25) is 14.6 Å². The maximum atomic E-state index is 14.5. The summed E-state index contributed by atoms with van der Waals surface area (Å²) in [4.78, 5) is 37.4. The van der Waals surface area contributed by atoms with Crippen LogP contribution in [0.2, 0.25) is 0 Å². The highest BCUT2D eigenvalue weighted by molar-refractivity contribution is 7.15. The molecule has 2 aromatic heterocycles. The van der Waals surface area contributed by atoms with Crippen LogP contribution in [0.5, 0.6) is 0 Å². The van der Waals surface area contributed by atoms with Crippen LogP contribution in [-0.2, 0) is 0 Å². The average Bonchev–Trinajstić information content (AvgIpc) is 3.28. The van der Waals surface area contributed by atoms with E-state index >= 15 is 0 Å². The maximum Gasteiger partial charge on any atom is 0.274 e. The van der Waals surface area contributed by atoms with Crippen molar-refractivity contribution in [3.05, 3.63) is 83.1 Å². The number of para-hydroxylation sites is 1. The van der Waals surface area contributed by atoms with Crippen LogP contribution in [0.3, 0.4) is 0 Å². The summed E-state index contributed by atoms with van der Waals surface area (Å²) in [5.41, 5.74) is 2.15. The number of likely N-dealkylation sites (tertiary alicyclic amines) is 1. The van der Waals surface area contributed by atoms with E-state index in [1.165, 1.54) is 16.2 Å². The number of hydrogen-bond donors (Lipinski definition) is 0. The number of Topliss-reactive ketones (excluding diaryl/α,β-unsaturated/α-hetero) is 1. The molecular weight excluding hydrogens is 480 g/mol. The van der Waals surface area contributed by atoms with E-state index in [1.807, 2.05) is 54.6 Å². The van der Waals surface area contributed by atoms with Gasteiger partial charge in [0.25, 0.3) is 11.8 Å². The molecule has 1 aliphatic heterocycles. The van der Waals surface area contributed by atoms with E-state index < -0.39 is 24.4 Å². The molecule has 0 bridgehead atoms. The number of aryl methyl sites for hydroxylation is 1. The molecule has 1 atom stereocenters. The number of rotatable bonds is 6. The number of piperidine rings is 1. The van der Waals surface area contributed by atoms with Crippen molar-refractivity contribution in [3.8, 4) is 10.4 Å². The third kappa shape index (κ3) is 4.91. The quantitative estimate of drug-likeness (QED) is 0.278. The Hall–Kier alpha value is -3.52. The third-order valence-electron chi connectivity index (χ3n) is 6.56. The SMILES string of the molecule is Cc1nc(C(=O)N2CC(F)(F)CCC2CCC(=O)c2cccc3cccnc23)c(-c2ccccc2)s1. The first-order valence-electron chi connectivity index (χ1n) is 11.9. The van der Waals surface area contributed by atoms with Gasteiger partial charge in [0.05, 0.1) is 21.9 Å². The molecule has 0 spiro atoms. The van der Waals surface area contributed by atoms with E-state index in [9.17, 15) is 18.4 Å². The monoisotopic (exact) mass is 505 g/mol. The maximum absolute atomic E-state index is 14.5. The van der Waals surface area contributed by atoms with Gasteiger partial charge in [0, 0.05) is 36.0 Å². The molecule has 184 valence electrons. The number of alkyl halides is 2. The standard InChI is InChI=1S/C28H25F2N3O2S/c1-18-32-25(26(36-18)20-7-3-2-4-8-20)27(35)33-17-28(29,30)15-14-21(33)12-13-23(34)22-11-5-9-19-10-6-16-31-24(19)22/h2-11,16,21H,12-15,17H2,1H3. The van der Waals surface area contributed by atoms with Gasteiger partial charge >= 0.3 is 0 Å². The Kier molecular flexibility index (Phi) is 6.62. The minimum Gasteiger partial charge on any atom is -0.328 e. The van der Waals surface area contributed by atoms with Crippen molar-refractivity contribution in [2.45, 2.75) is 44.6 Å². The topological polar surface area (TPSA) is 63.2 Å². The van der Waals surface area contributed by atoms with Gasteiger partial charge in [-0.1, -0.05) is 48.5 Å².